The molecule has 0 bridgehead atoms. The Kier molecular flexibility index (Phi) is 5.46. The van der Waals surface area contributed by atoms with E-state index >= 15 is 0 Å². The molecule has 1 heteroatoms. The highest BCUT2D eigenvalue weighted by atomic mass is 16.2. The van der Waals surface area contributed by atoms with Crippen molar-refractivity contribution in [3.05, 3.63) is 126 Å². The lowest BCUT2D eigenvalue weighted by atomic mass is 9.94. The Balaban J connectivity index is 1.63. The van der Waals surface area contributed by atoms with Gasteiger partial charge in [0, 0.05) is 0 Å². The Morgan fingerprint density at radius 2 is 0.857 bits per heavy atom. The van der Waals surface area contributed by atoms with Crippen LogP contribution in [0.25, 0.3) is 27.8 Å². The van der Waals surface area contributed by atoms with E-state index in [4.69, 9.17) is 0 Å². The zero-order chi connectivity index (χ0) is 19.2. The van der Waals surface area contributed by atoms with Crippen LogP contribution in [0.4, 0.5) is 0 Å². The summed E-state index contributed by atoms with van der Waals surface area (Å²) < 4.78 is 0. The first-order valence-corrected chi connectivity index (χ1v) is 9.48. The van der Waals surface area contributed by atoms with Crippen molar-refractivity contribution in [1.82, 2.24) is 0 Å². The van der Waals surface area contributed by atoms with Gasteiger partial charge in [-0.3, -0.25) is 0 Å². The van der Waals surface area contributed by atoms with Crippen LogP contribution in [0.15, 0.2) is 115 Å². The molecule has 0 aromatic heterocycles. The molecule has 0 spiro atoms. The van der Waals surface area contributed by atoms with E-state index in [0.29, 0.717) is 0 Å². The molecule has 4 aromatic rings. The Morgan fingerprint density at radius 1 is 0.500 bits per heavy atom. The van der Waals surface area contributed by atoms with E-state index in [1.807, 2.05) is 18.2 Å². The van der Waals surface area contributed by atoms with Gasteiger partial charge in [-0.15, -0.1) is 0 Å². The topological polar surface area (TPSA) is 20.2 Å². The van der Waals surface area contributed by atoms with Crippen molar-refractivity contribution in [2.24, 2.45) is 0 Å². The van der Waals surface area contributed by atoms with Crippen LogP contribution in [0.2, 0.25) is 0 Å². The zero-order valence-electron chi connectivity index (χ0n) is 15.6. The van der Waals surface area contributed by atoms with Gasteiger partial charge in [0.05, 0.1) is 6.61 Å². The third-order valence-electron chi connectivity index (χ3n) is 4.90. The minimum atomic E-state index is 0.0101. The quantitative estimate of drug-likeness (QED) is 0.433. The highest BCUT2D eigenvalue weighted by Crippen LogP contribution is 2.28. The fraction of sp³-hybridized carbons (Fsp3) is 0.0370. The van der Waals surface area contributed by atoms with E-state index in [1.54, 1.807) is 0 Å². The molecule has 136 valence electrons. The summed E-state index contributed by atoms with van der Waals surface area (Å²) in [4.78, 5) is 0. The summed E-state index contributed by atoms with van der Waals surface area (Å²) in [5, 5.41) is 9.55. The third-order valence-corrected chi connectivity index (χ3v) is 4.90. The second-order valence-electron chi connectivity index (χ2n) is 6.69. The monoisotopic (exact) mass is 362 g/mol. The van der Waals surface area contributed by atoms with Crippen LogP contribution >= 0.6 is 0 Å². The van der Waals surface area contributed by atoms with Gasteiger partial charge in [-0.1, -0.05) is 115 Å². The standard InChI is InChI=1S/C27H22O/c28-20-19-27(25-15-11-23(12-16-25)21-7-3-1-4-8-21)26-17-13-24(14-18-26)22-9-5-2-6-10-22/h1-19,28H,20H2. The van der Waals surface area contributed by atoms with Crippen molar-refractivity contribution in [3.8, 4) is 22.3 Å². The van der Waals surface area contributed by atoms with Crippen LogP contribution in [-0.2, 0) is 0 Å². The first-order valence-electron chi connectivity index (χ1n) is 9.48. The molecular formula is C27H22O. The average Bonchev–Trinajstić information content (AvgIpc) is 2.79. The smallest absolute Gasteiger partial charge is 0.0621 e. The summed E-state index contributed by atoms with van der Waals surface area (Å²) in [6, 6.07) is 37.7. The summed E-state index contributed by atoms with van der Waals surface area (Å²) in [5.74, 6) is 0. The molecule has 0 radical (unpaired) electrons. The summed E-state index contributed by atoms with van der Waals surface area (Å²) >= 11 is 0. The Hall–Kier alpha value is -3.42. The lowest BCUT2D eigenvalue weighted by Gasteiger charge is -2.11. The summed E-state index contributed by atoms with van der Waals surface area (Å²) in [5.41, 5.74) is 8.02. The number of aliphatic hydroxyl groups excluding tert-OH is 1. The van der Waals surface area contributed by atoms with E-state index in [9.17, 15) is 5.11 Å². The van der Waals surface area contributed by atoms with Crippen molar-refractivity contribution in [2.75, 3.05) is 6.61 Å². The molecule has 28 heavy (non-hydrogen) atoms. The summed E-state index contributed by atoms with van der Waals surface area (Å²) in [6.07, 6.45) is 1.87. The van der Waals surface area contributed by atoms with Gasteiger partial charge in [0.2, 0.25) is 0 Å². The van der Waals surface area contributed by atoms with Gasteiger partial charge in [-0.25, -0.2) is 0 Å². The van der Waals surface area contributed by atoms with E-state index < -0.39 is 0 Å². The van der Waals surface area contributed by atoms with Crippen LogP contribution in [0.3, 0.4) is 0 Å². The lowest BCUT2D eigenvalue weighted by Crippen LogP contribution is -1.91. The highest BCUT2D eigenvalue weighted by molar-refractivity contribution is 5.82. The maximum Gasteiger partial charge on any atom is 0.0621 e. The fourth-order valence-corrected chi connectivity index (χ4v) is 3.44. The third kappa shape index (κ3) is 3.95. The van der Waals surface area contributed by atoms with Gasteiger partial charge in [-0.05, 0) is 39.0 Å². The maximum atomic E-state index is 9.55. The SMILES string of the molecule is OCC=C(c1ccc(-c2ccccc2)cc1)c1ccc(-c2ccccc2)cc1. The molecule has 1 nitrogen and oxygen atoms in total. The molecule has 4 aromatic carbocycles. The first kappa shape index (κ1) is 18.0. The van der Waals surface area contributed by atoms with E-state index in [0.717, 1.165) is 16.7 Å². The number of rotatable bonds is 5. The van der Waals surface area contributed by atoms with Crippen LogP contribution < -0.4 is 0 Å². The fourth-order valence-electron chi connectivity index (χ4n) is 3.44. The molecule has 0 atom stereocenters. The van der Waals surface area contributed by atoms with Crippen LogP contribution in [-0.4, -0.2) is 11.7 Å². The summed E-state index contributed by atoms with van der Waals surface area (Å²) in [7, 11) is 0. The van der Waals surface area contributed by atoms with Gasteiger partial charge in [-0.2, -0.15) is 0 Å². The molecular weight excluding hydrogens is 340 g/mol. The first-order chi connectivity index (χ1) is 13.8. The molecule has 1 N–H and O–H groups in total. The molecule has 0 amide bonds. The van der Waals surface area contributed by atoms with Crippen molar-refractivity contribution in [3.63, 3.8) is 0 Å². The van der Waals surface area contributed by atoms with Crippen molar-refractivity contribution < 1.29 is 5.11 Å². The number of hydrogen-bond donors (Lipinski definition) is 1. The average molecular weight is 362 g/mol. The van der Waals surface area contributed by atoms with Crippen molar-refractivity contribution >= 4 is 5.57 Å². The van der Waals surface area contributed by atoms with Crippen LogP contribution in [0, 0.1) is 0 Å². The number of benzene rings is 4. The minimum Gasteiger partial charge on any atom is -0.392 e. The van der Waals surface area contributed by atoms with Crippen LogP contribution in [0.5, 0.6) is 0 Å². The molecule has 0 fully saturated rings. The van der Waals surface area contributed by atoms with Crippen LogP contribution in [0.1, 0.15) is 11.1 Å². The molecule has 4 rings (SSSR count). The predicted molar refractivity (Wildman–Crippen MR) is 118 cm³/mol. The van der Waals surface area contributed by atoms with E-state index in [2.05, 4.69) is 97.1 Å². The number of aliphatic hydroxyl groups is 1. The maximum absolute atomic E-state index is 9.55. The highest BCUT2D eigenvalue weighted by Gasteiger charge is 2.07. The Morgan fingerprint density at radius 3 is 1.21 bits per heavy atom. The molecule has 0 saturated heterocycles. The second kappa shape index (κ2) is 8.51. The van der Waals surface area contributed by atoms with Crippen molar-refractivity contribution in [1.29, 1.82) is 0 Å². The van der Waals surface area contributed by atoms with Crippen molar-refractivity contribution in [2.45, 2.75) is 0 Å². The van der Waals surface area contributed by atoms with E-state index in [1.165, 1.54) is 22.3 Å². The van der Waals surface area contributed by atoms with Gasteiger partial charge < -0.3 is 5.11 Å². The zero-order valence-corrected chi connectivity index (χ0v) is 15.6. The lowest BCUT2D eigenvalue weighted by molar-refractivity contribution is 0.343. The Bertz CT molecular complexity index is 960. The van der Waals surface area contributed by atoms with E-state index in [-0.39, 0.29) is 6.61 Å². The molecule has 0 saturated carbocycles. The normalized spacial score (nSPS) is 10.5. The molecule has 0 heterocycles. The molecule has 0 aliphatic rings. The van der Waals surface area contributed by atoms with Gasteiger partial charge >= 0.3 is 0 Å². The summed E-state index contributed by atoms with van der Waals surface area (Å²) in [6.45, 7) is 0.0101. The van der Waals surface area contributed by atoms with Gasteiger partial charge in [0.25, 0.3) is 0 Å². The van der Waals surface area contributed by atoms with Gasteiger partial charge in [0.1, 0.15) is 0 Å². The largest absolute Gasteiger partial charge is 0.392 e. The Labute approximate surface area is 166 Å². The minimum absolute atomic E-state index is 0.0101. The molecule has 0 unspecified atom stereocenters. The van der Waals surface area contributed by atoms with Gasteiger partial charge in [0.15, 0.2) is 0 Å². The second-order valence-corrected chi connectivity index (χ2v) is 6.69. The predicted octanol–water partition coefficient (Wildman–Crippen LogP) is 6.44. The molecule has 0 aliphatic carbocycles. The molecule has 0 aliphatic heterocycles. The number of hydrogen-bond acceptors (Lipinski definition) is 1.